The second-order valence-corrected chi connectivity index (χ2v) is 7.52. The van der Waals surface area contributed by atoms with Crippen LogP contribution < -0.4 is 15.8 Å². The molecule has 0 spiro atoms. The number of amides is 1. The Kier molecular flexibility index (Phi) is 4.85. The summed E-state index contributed by atoms with van der Waals surface area (Å²) in [4.78, 5) is 11.8. The molecular weight excluding hydrogens is 294 g/mol. The number of phenols is 1. The first-order valence-corrected chi connectivity index (χ1v) is 7.83. The number of benzene rings is 1. The topological polar surface area (TPSA) is 122 Å². The lowest BCUT2D eigenvalue weighted by Crippen LogP contribution is -2.50. The first kappa shape index (κ1) is 17.3. The highest BCUT2D eigenvalue weighted by molar-refractivity contribution is 7.89. The zero-order valence-electron chi connectivity index (χ0n) is 12.5. The maximum Gasteiger partial charge on any atom is 0.241 e. The van der Waals surface area contributed by atoms with Crippen molar-refractivity contribution in [2.24, 2.45) is 0 Å². The smallest absolute Gasteiger partial charge is 0.241 e. The monoisotopic (exact) mass is 315 g/mol. The number of nitrogens with two attached hydrogens (primary N) is 1. The number of nitrogen functional groups attached to an aromatic ring is 1. The fourth-order valence-corrected chi connectivity index (χ4v) is 2.77. The average molecular weight is 315 g/mol. The quantitative estimate of drug-likeness (QED) is 0.478. The molecule has 0 aliphatic heterocycles. The summed E-state index contributed by atoms with van der Waals surface area (Å²) in [6.07, 6.45) is 0. The summed E-state index contributed by atoms with van der Waals surface area (Å²) in [5, 5.41) is 12.0. The Morgan fingerprint density at radius 2 is 1.90 bits per heavy atom. The van der Waals surface area contributed by atoms with E-state index in [9.17, 15) is 18.3 Å². The fourth-order valence-electron chi connectivity index (χ4n) is 1.53. The molecule has 1 atom stereocenters. The van der Waals surface area contributed by atoms with Gasteiger partial charge in [0.2, 0.25) is 15.9 Å². The number of rotatable bonds is 4. The van der Waals surface area contributed by atoms with Crippen LogP contribution in [-0.2, 0) is 14.8 Å². The summed E-state index contributed by atoms with van der Waals surface area (Å²) in [5.74, 6) is -0.634. The molecule has 1 unspecified atom stereocenters. The van der Waals surface area contributed by atoms with Crippen molar-refractivity contribution in [3.8, 4) is 5.75 Å². The molecule has 5 N–H and O–H groups in total. The van der Waals surface area contributed by atoms with Crippen LogP contribution in [0.5, 0.6) is 5.75 Å². The van der Waals surface area contributed by atoms with Gasteiger partial charge >= 0.3 is 0 Å². The van der Waals surface area contributed by atoms with Crippen LogP contribution >= 0.6 is 0 Å². The molecule has 1 aromatic carbocycles. The van der Waals surface area contributed by atoms with E-state index in [1.54, 1.807) is 20.8 Å². The number of hydrogen-bond acceptors (Lipinski definition) is 5. The minimum Gasteiger partial charge on any atom is -0.506 e. The number of carbonyl (C=O) groups excluding carboxylic acids is 1. The van der Waals surface area contributed by atoms with E-state index < -0.39 is 27.5 Å². The maximum absolute atomic E-state index is 12.1. The van der Waals surface area contributed by atoms with Gasteiger partial charge in [-0.25, -0.2) is 8.42 Å². The molecule has 0 saturated heterocycles. The molecule has 118 valence electrons. The van der Waals surface area contributed by atoms with Gasteiger partial charge in [0.1, 0.15) is 5.75 Å². The van der Waals surface area contributed by atoms with Gasteiger partial charge in [0.25, 0.3) is 0 Å². The van der Waals surface area contributed by atoms with Gasteiger partial charge in [0.05, 0.1) is 16.6 Å². The third kappa shape index (κ3) is 4.91. The van der Waals surface area contributed by atoms with Gasteiger partial charge in [-0.15, -0.1) is 0 Å². The number of sulfonamides is 1. The van der Waals surface area contributed by atoms with E-state index in [2.05, 4.69) is 10.0 Å². The summed E-state index contributed by atoms with van der Waals surface area (Å²) >= 11 is 0. The largest absolute Gasteiger partial charge is 0.506 e. The molecule has 0 radical (unpaired) electrons. The summed E-state index contributed by atoms with van der Waals surface area (Å²) < 4.78 is 26.6. The Hall–Kier alpha value is -1.80. The average Bonchev–Trinajstić information content (AvgIpc) is 2.29. The Bertz CT molecular complexity index is 635. The lowest BCUT2D eigenvalue weighted by atomic mass is 10.1. The Morgan fingerprint density at radius 1 is 1.33 bits per heavy atom. The van der Waals surface area contributed by atoms with Crippen LogP contribution in [0.1, 0.15) is 27.7 Å². The van der Waals surface area contributed by atoms with E-state index in [4.69, 9.17) is 5.73 Å². The predicted molar refractivity (Wildman–Crippen MR) is 80.2 cm³/mol. The number of nitrogens with one attached hydrogen (secondary N) is 2. The van der Waals surface area contributed by atoms with Crippen molar-refractivity contribution in [2.75, 3.05) is 5.73 Å². The molecule has 0 aromatic heterocycles. The highest BCUT2D eigenvalue weighted by Gasteiger charge is 2.25. The third-order valence-corrected chi connectivity index (χ3v) is 4.07. The Morgan fingerprint density at radius 3 is 2.38 bits per heavy atom. The number of aromatic hydroxyl groups is 1. The SMILES string of the molecule is CC(NS(=O)(=O)c1ccc(O)c(N)c1)C(=O)NC(C)(C)C. The molecule has 0 aliphatic rings. The molecule has 7 nitrogen and oxygen atoms in total. The van der Waals surface area contributed by atoms with E-state index in [1.165, 1.54) is 19.1 Å². The van der Waals surface area contributed by atoms with Crippen LogP contribution in [-0.4, -0.2) is 31.0 Å². The Balaban J connectivity index is 2.89. The molecule has 0 fully saturated rings. The fraction of sp³-hybridized carbons (Fsp3) is 0.462. The van der Waals surface area contributed by atoms with E-state index in [1.807, 2.05) is 0 Å². The Labute approximate surface area is 124 Å². The lowest BCUT2D eigenvalue weighted by molar-refractivity contribution is -0.123. The van der Waals surface area contributed by atoms with Crippen LogP contribution in [0.4, 0.5) is 5.69 Å². The second kappa shape index (κ2) is 5.90. The summed E-state index contributed by atoms with van der Waals surface area (Å²) in [7, 11) is -3.90. The van der Waals surface area contributed by atoms with Crippen LogP contribution in [0.15, 0.2) is 23.1 Å². The molecule has 21 heavy (non-hydrogen) atoms. The van der Waals surface area contributed by atoms with Crippen LogP contribution in [0.2, 0.25) is 0 Å². The molecule has 1 amide bonds. The van der Waals surface area contributed by atoms with Crippen molar-refractivity contribution in [1.82, 2.24) is 10.0 Å². The van der Waals surface area contributed by atoms with Crippen LogP contribution in [0, 0.1) is 0 Å². The molecule has 1 aromatic rings. The predicted octanol–water partition coefficient (Wildman–Crippen LogP) is 0.556. The number of hydrogen-bond donors (Lipinski definition) is 4. The van der Waals surface area contributed by atoms with Gasteiger partial charge in [-0.3, -0.25) is 4.79 Å². The van der Waals surface area contributed by atoms with Gasteiger partial charge in [0, 0.05) is 5.54 Å². The van der Waals surface area contributed by atoms with Crippen molar-refractivity contribution in [3.05, 3.63) is 18.2 Å². The standard InChI is InChI=1S/C13H21N3O4S/c1-8(12(18)15-13(2,3)4)16-21(19,20)9-5-6-11(17)10(14)7-9/h5-8,16-17H,14H2,1-4H3,(H,15,18). The third-order valence-electron chi connectivity index (χ3n) is 2.53. The number of phenolic OH excluding ortho intramolecular Hbond substituents is 1. The second-order valence-electron chi connectivity index (χ2n) is 5.80. The minimum atomic E-state index is -3.90. The van der Waals surface area contributed by atoms with Gasteiger partial charge in [0.15, 0.2) is 0 Å². The van der Waals surface area contributed by atoms with Gasteiger partial charge in [-0.1, -0.05) is 0 Å². The van der Waals surface area contributed by atoms with Crippen molar-refractivity contribution < 1.29 is 18.3 Å². The lowest BCUT2D eigenvalue weighted by Gasteiger charge is -2.23. The van der Waals surface area contributed by atoms with Crippen molar-refractivity contribution in [3.63, 3.8) is 0 Å². The molecular formula is C13H21N3O4S. The normalized spacial score (nSPS) is 13.7. The molecule has 0 heterocycles. The number of carbonyl (C=O) groups is 1. The maximum atomic E-state index is 12.1. The van der Waals surface area contributed by atoms with Crippen LogP contribution in [0.25, 0.3) is 0 Å². The van der Waals surface area contributed by atoms with Crippen molar-refractivity contribution in [2.45, 2.75) is 44.2 Å². The summed E-state index contributed by atoms with van der Waals surface area (Å²) in [5.41, 5.74) is 4.96. The van der Waals surface area contributed by atoms with Crippen molar-refractivity contribution in [1.29, 1.82) is 0 Å². The zero-order valence-corrected chi connectivity index (χ0v) is 13.3. The molecule has 0 saturated carbocycles. The van der Waals surface area contributed by atoms with E-state index in [-0.39, 0.29) is 16.3 Å². The summed E-state index contributed by atoms with van der Waals surface area (Å²) in [6, 6.07) is 2.59. The first-order chi connectivity index (χ1) is 9.42. The van der Waals surface area contributed by atoms with E-state index in [0.29, 0.717) is 0 Å². The summed E-state index contributed by atoms with van der Waals surface area (Å²) in [6.45, 7) is 6.84. The van der Waals surface area contributed by atoms with Crippen molar-refractivity contribution >= 4 is 21.6 Å². The number of anilines is 1. The highest BCUT2D eigenvalue weighted by atomic mass is 32.2. The van der Waals surface area contributed by atoms with Crippen LogP contribution in [0.3, 0.4) is 0 Å². The van der Waals surface area contributed by atoms with Gasteiger partial charge in [-0.05, 0) is 45.9 Å². The first-order valence-electron chi connectivity index (χ1n) is 6.35. The zero-order chi connectivity index (χ0) is 16.4. The minimum absolute atomic E-state index is 0.0512. The van der Waals surface area contributed by atoms with E-state index >= 15 is 0 Å². The molecule has 8 heteroatoms. The van der Waals surface area contributed by atoms with Gasteiger partial charge in [-0.2, -0.15) is 4.72 Å². The molecule has 0 bridgehead atoms. The van der Waals surface area contributed by atoms with Gasteiger partial charge < -0.3 is 16.2 Å². The highest BCUT2D eigenvalue weighted by Crippen LogP contribution is 2.23. The molecule has 1 rings (SSSR count). The van der Waals surface area contributed by atoms with E-state index in [0.717, 1.165) is 6.07 Å². The molecule has 0 aliphatic carbocycles.